The van der Waals surface area contributed by atoms with E-state index in [0.717, 1.165) is 25.2 Å². The van der Waals surface area contributed by atoms with Crippen molar-refractivity contribution >= 4 is 18.3 Å². The molecule has 29 heavy (non-hydrogen) atoms. The Balaban J connectivity index is 0.00000240. The van der Waals surface area contributed by atoms with Crippen molar-refractivity contribution in [3.05, 3.63) is 71.3 Å². The number of carbonyl (C=O) groups is 1. The smallest absolute Gasteiger partial charge is 0.342 e. The number of amides is 1. The zero-order valence-electron chi connectivity index (χ0n) is 16.1. The summed E-state index contributed by atoms with van der Waals surface area (Å²) >= 11 is 0. The lowest BCUT2D eigenvalue weighted by atomic mass is 9.90. The first kappa shape index (κ1) is 21.7. The van der Waals surface area contributed by atoms with Gasteiger partial charge < -0.3 is 4.90 Å². The van der Waals surface area contributed by atoms with Crippen molar-refractivity contribution in [1.29, 1.82) is 0 Å². The van der Waals surface area contributed by atoms with E-state index in [4.69, 9.17) is 0 Å². The largest absolute Gasteiger partial charge is 0.416 e. The average molecular weight is 425 g/mol. The Morgan fingerprint density at radius 1 is 1.00 bits per heavy atom. The maximum atomic E-state index is 12.7. The molecule has 0 radical (unpaired) electrons. The van der Waals surface area contributed by atoms with Crippen LogP contribution in [0.3, 0.4) is 0 Å². The topological polar surface area (TPSA) is 23.6 Å². The first-order chi connectivity index (χ1) is 13.3. The number of nitrogens with zero attached hydrogens (tertiary/aromatic N) is 2. The second kappa shape index (κ2) is 8.36. The highest BCUT2D eigenvalue weighted by atomic mass is 35.5. The fourth-order valence-corrected chi connectivity index (χ4v) is 4.71. The quantitative estimate of drug-likeness (QED) is 0.727. The number of alkyl halides is 3. The molecule has 0 bridgehead atoms. The van der Waals surface area contributed by atoms with Gasteiger partial charge in [-0.05, 0) is 36.2 Å². The standard InChI is InChI=1S/C22H23F3N2O.ClH/c1-26-12-17-13-27(14-19(17)21(26)16-5-3-2-4-6-16)20(28)11-15-7-9-18(10-8-15)22(23,24)25;/h2-10,17,19,21H,11-14H2,1H3;1H/t17-,19+,21-;/m0./s1. The maximum absolute atomic E-state index is 12.7. The lowest BCUT2D eigenvalue weighted by Gasteiger charge is -2.27. The summed E-state index contributed by atoms with van der Waals surface area (Å²) in [6.45, 7) is 2.38. The normalized spacial score (nSPS) is 24.3. The van der Waals surface area contributed by atoms with E-state index in [9.17, 15) is 18.0 Å². The van der Waals surface area contributed by atoms with Crippen molar-refractivity contribution in [3.63, 3.8) is 0 Å². The van der Waals surface area contributed by atoms with Crippen LogP contribution in [0.1, 0.15) is 22.7 Å². The summed E-state index contributed by atoms with van der Waals surface area (Å²) in [5.74, 6) is 0.819. The summed E-state index contributed by atoms with van der Waals surface area (Å²) in [6, 6.07) is 15.5. The Morgan fingerprint density at radius 3 is 2.28 bits per heavy atom. The first-order valence-corrected chi connectivity index (χ1v) is 9.52. The average Bonchev–Trinajstić information content (AvgIpc) is 3.18. The SMILES string of the molecule is CN1C[C@H]2CN(C(=O)Cc3ccc(C(F)(F)F)cc3)C[C@H]2[C@@H]1c1ccccc1.Cl. The molecule has 1 amide bonds. The van der Waals surface area contributed by atoms with Crippen molar-refractivity contribution in [3.8, 4) is 0 Å². The minimum Gasteiger partial charge on any atom is -0.342 e. The monoisotopic (exact) mass is 424 g/mol. The van der Waals surface area contributed by atoms with Crippen LogP contribution < -0.4 is 0 Å². The molecule has 0 N–H and O–H groups in total. The molecule has 2 aliphatic rings. The predicted molar refractivity (Wildman–Crippen MR) is 108 cm³/mol. The Bertz CT molecular complexity index is 841. The third kappa shape index (κ3) is 4.43. The number of benzene rings is 2. The van der Waals surface area contributed by atoms with Crippen LogP contribution in [0, 0.1) is 11.8 Å². The number of likely N-dealkylation sites (tertiary alicyclic amines) is 2. The molecule has 7 heteroatoms. The molecule has 156 valence electrons. The Kier molecular flexibility index (Phi) is 6.24. The van der Waals surface area contributed by atoms with Gasteiger partial charge in [-0.25, -0.2) is 0 Å². The van der Waals surface area contributed by atoms with Crippen LogP contribution in [0.4, 0.5) is 13.2 Å². The number of rotatable bonds is 3. The zero-order chi connectivity index (χ0) is 19.9. The van der Waals surface area contributed by atoms with E-state index >= 15 is 0 Å². The molecular formula is C22H24ClF3N2O. The van der Waals surface area contributed by atoms with Crippen LogP contribution in [0.2, 0.25) is 0 Å². The minimum absolute atomic E-state index is 0. The Labute approximate surface area is 174 Å². The number of carbonyl (C=O) groups excluding carboxylic acids is 1. The van der Waals surface area contributed by atoms with Crippen LogP contribution >= 0.6 is 12.4 Å². The summed E-state index contributed by atoms with van der Waals surface area (Å²) in [7, 11) is 2.13. The molecule has 0 unspecified atom stereocenters. The van der Waals surface area contributed by atoms with E-state index in [1.807, 2.05) is 23.1 Å². The minimum atomic E-state index is -4.35. The number of hydrogen-bond acceptors (Lipinski definition) is 2. The van der Waals surface area contributed by atoms with Gasteiger partial charge >= 0.3 is 6.18 Å². The third-order valence-electron chi connectivity index (χ3n) is 6.02. The van der Waals surface area contributed by atoms with Gasteiger partial charge in [0.1, 0.15) is 0 Å². The third-order valence-corrected chi connectivity index (χ3v) is 6.02. The van der Waals surface area contributed by atoms with Crippen molar-refractivity contribution in [2.75, 3.05) is 26.7 Å². The van der Waals surface area contributed by atoms with E-state index in [1.54, 1.807) is 0 Å². The highest BCUT2D eigenvalue weighted by molar-refractivity contribution is 5.85. The Morgan fingerprint density at radius 2 is 1.66 bits per heavy atom. The van der Waals surface area contributed by atoms with Gasteiger partial charge in [0.2, 0.25) is 5.91 Å². The lowest BCUT2D eigenvalue weighted by molar-refractivity contribution is -0.137. The molecule has 2 aromatic carbocycles. The van der Waals surface area contributed by atoms with Crippen LogP contribution in [0.15, 0.2) is 54.6 Å². The van der Waals surface area contributed by atoms with Crippen molar-refractivity contribution in [2.45, 2.75) is 18.6 Å². The van der Waals surface area contributed by atoms with E-state index < -0.39 is 11.7 Å². The van der Waals surface area contributed by atoms with E-state index in [0.29, 0.717) is 30.0 Å². The van der Waals surface area contributed by atoms with Crippen LogP contribution in [0.25, 0.3) is 0 Å². The zero-order valence-corrected chi connectivity index (χ0v) is 16.9. The van der Waals surface area contributed by atoms with Gasteiger partial charge in [-0.2, -0.15) is 13.2 Å². The molecule has 0 saturated carbocycles. The Hall–Kier alpha value is -2.05. The van der Waals surface area contributed by atoms with Gasteiger partial charge in [0.15, 0.2) is 0 Å². The molecule has 0 spiro atoms. The summed E-state index contributed by atoms with van der Waals surface area (Å²) in [6.07, 6.45) is -4.21. The van der Waals surface area contributed by atoms with Gasteiger partial charge in [0.25, 0.3) is 0 Å². The molecule has 3 atom stereocenters. The van der Waals surface area contributed by atoms with Crippen molar-refractivity contribution in [2.24, 2.45) is 11.8 Å². The molecule has 4 rings (SSSR count). The second-order valence-corrected chi connectivity index (χ2v) is 7.89. The van der Waals surface area contributed by atoms with Crippen LogP contribution in [0.5, 0.6) is 0 Å². The van der Waals surface area contributed by atoms with Gasteiger partial charge in [0.05, 0.1) is 12.0 Å². The first-order valence-electron chi connectivity index (χ1n) is 9.52. The number of hydrogen-bond donors (Lipinski definition) is 0. The van der Waals surface area contributed by atoms with Crippen molar-refractivity contribution < 1.29 is 18.0 Å². The molecule has 2 aliphatic heterocycles. The molecule has 2 saturated heterocycles. The van der Waals surface area contributed by atoms with E-state index in [2.05, 4.69) is 24.1 Å². The van der Waals surface area contributed by atoms with Gasteiger partial charge in [-0.1, -0.05) is 42.5 Å². The number of fused-ring (bicyclic) bond motifs is 1. The molecule has 3 nitrogen and oxygen atoms in total. The highest BCUT2D eigenvalue weighted by Crippen LogP contribution is 2.44. The highest BCUT2D eigenvalue weighted by Gasteiger charge is 2.47. The lowest BCUT2D eigenvalue weighted by Crippen LogP contribution is -2.34. The molecular weight excluding hydrogens is 401 g/mol. The van der Waals surface area contributed by atoms with Crippen LogP contribution in [-0.2, 0) is 17.4 Å². The molecule has 2 fully saturated rings. The molecule has 2 heterocycles. The molecule has 2 aromatic rings. The fourth-order valence-electron chi connectivity index (χ4n) is 4.71. The summed E-state index contributed by atoms with van der Waals surface area (Å²) in [5, 5.41) is 0. The summed E-state index contributed by atoms with van der Waals surface area (Å²) in [4.78, 5) is 17.0. The molecule has 0 aliphatic carbocycles. The van der Waals surface area contributed by atoms with Gasteiger partial charge in [-0.15, -0.1) is 12.4 Å². The van der Waals surface area contributed by atoms with Crippen LogP contribution in [-0.4, -0.2) is 42.4 Å². The number of halogens is 4. The maximum Gasteiger partial charge on any atom is 0.416 e. The summed E-state index contributed by atoms with van der Waals surface area (Å²) in [5.41, 5.74) is 1.20. The van der Waals surface area contributed by atoms with E-state index in [1.165, 1.54) is 17.7 Å². The molecule has 0 aromatic heterocycles. The van der Waals surface area contributed by atoms with E-state index in [-0.39, 0.29) is 24.7 Å². The van der Waals surface area contributed by atoms with Gasteiger partial charge in [0, 0.05) is 31.6 Å². The fraction of sp³-hybridized carbons (Fsp3) is 0.409. The van der Waals surface area contributed by atoms with Gasteiger partial charge in [-0.3, -0.25) is 9.69 Å². The second-order valence-electron chi connectivity index (χ2n) is 7.89. The summed E-state index contributed by atoms with van der Waals surface area (Å²) < 4.78 is 38.1. The van der Waals surface area contributed by atoms with Crippen molar-refractivity contribution in [1.82, 2.24) is 9.80 Å². The predicted octanol–water partition coefficient (Wildman–Crippen LogP) is 4.43.